The number of anilines is 1. The Morgan fingerprint density at radius 3 is 2.50 bits per heavy atom. The Morgan fingerprint density at radius 1 is 1.25 bits per heavy atom. The van der Waals surface area contributed by atoms with E-state index < -0.39 is 23.1 Å². The van der Waals surface area contributed by atoms with Gasteiger partial charge in [-0.1, -0.05) is 19.9 Å². The summed E-state index contributed by atoms with van der Waals surface area (Å²) in [4.78, 5) is 25.4. The molecule has 0 radical (unpaired) electrons. The van der Waals surface area contributed by atoms with Crippen LogP contribution in [0.5, 0.6) is 0 Å². The van der Waals surface area contributed by atoms with Crippen molar-refractivity contribution in [3.05, 3.63) is 29.8 Å². The second kappa shape index (κ2) is 5.19. The van der Waals surface area contributed by atoms with E-state index >= 15 is 0 Å². The molecule has 0 unspecified atom stereocenters. The first-order chi connectivity index (χ1) is 9.45. The lowest BCUT2D eigenvalue weighted by Gasteiger charge is -2.41. The highest BCUT2D eigenvalue weighted by atomic mass is 19.2. The zero-order chi connectivity index (χ0) is 14.9. The third-order valence-corrected chi connectivity index (χ3v) is 3.76. The molecule has 20 heavy (non-hydrogen) atoms. The highest BCUT2D eigenvalue weighted by Crippen LogP contribution is 2.29. The van der Waals surface area contributed by atoms with E-state index in [1.54, 1.807) is 13.8 Å². The molecule has 4 nitrogen and oxygen atoms in total. The van der Waals surface area contributed by atoms with Crippen LogP contribution in [0.15, 0.2) is 18.2 Å². The Labute approximate surface area is 115 Å². The van der Waals surface area contributed by atoms with E-state index in [0.29, 0.717) is 12.8 Å². The van der Waals surface area contributed by atoms with Crippen LogP contribution in [0.25, 0.3) is 0 Å². The highest BCUT2D eigenvalue weighted by molar-refractivity contribution is 6.09. The van der Waals surface area contributed by atoms with Gasteiger partial charge in [-0.05, 0) is 25.0 Å². The van der Waals surface area contributed by atoms with E-state index in [-0.39, 0.29) is 18.1 Å². The van der Waals surface area contributed by atoms with Crippen molar-refractivity contribution in [3.63, 3.8) is 0 Å². The molecule has 1 N–H and O–H groups in total. The minimum Gasteiger partial charge on any atom is -0.340 e. The molecular formula is C14H16F2N2O2. The number of halogens is 2. The summed E-state index contributed by atoms with van der Waals surface area (Å²) >= 11 is 0. The number of rotatable bonds is 3. The summed E-state index contributed by atoms with van der Waals surface area (Å²) < 4.78 is 27.1. The maximum Gasteiger partial charge on any atom is 0.253 e. The van der Waals surface area contributed by atoms with Crippen molar-refractivity contribution in [2.24, 2.45) is 0 Å². The van der Waals surface area contributed by atoms with E-state index in [9.17, 15) is 18.4 Å². The van der Waals surface area contributed by atoms with E-state index in [1.165, 1.54) is 12.1 Å². The maximum atomic E-state index is 13.8. The second-order valence-corrected chi connectivity index (χ2v) is 4.80. The first kappa shape index (κ1) is 14.4. The number of carbonyl (C=O) groups excluding carboxylic acids is 2. The predicted octanol–water partition coefficient (Wildman–Crippen LogP) is 1.99. The first-order valence-electron chi connectivity index (χ1n) is 6.52. The van der Waals surface area contributed by atoms with Crippen molar-refractivity contribution >= 4 is 17.5 Å². The molecule has 1 heterocycles. The average Bonchev–Trinajstić information content (AvgIpc) is 2.44. The summed E-state index contributed by atoms with van der Waals surface area (Å²) in [7, 11) is 0. The lowest BCUT2D eigenvalue weighted by Crippen LogP contribution is -2.66. The molecule has 2 rings (SSSR count). The lowest BCUT2D eigenvalue weighted by molar-refractivity contribution is -0.136. The number of benzene rings is 1. The van der Waals surface area contributed by atoms with Crippen LogP contribution in [-0.4, -0.2) is 23.9 Å². The third-order valence-electron chi connectivity index (χ3n) is 3.76. The Bertz CT molecular complexity index is 556. The van der Waals surface area contributed by atoms with Crippen LogP contribution >= 0.6 is 0 Å². The molecule has 0 spiro atoms. The van der Waals surface area contributed by atoms with Gasteiger partial charge in [-0.25, -0.2) is 8.78 Å². The fraction of sp³-hybridized carbons (Fsp3) is 0.429. The van der Waals surface area contributed by atoms with Crippen molar-refractivity contribution in [2.75, 3.05) is 11.4 Å². The summed E-state index contributed by atoms with van der Waals surface area (Å²) in [5.74, 6) is -2.94. The van der Waals surface area contributed by atoms with Gasteiger partial charge in [0.25, 0.3) is 5.91 Å². The van der Waals surface area contributed by atoms with E-state index in [1.807, 2.05) is 0 Å². The number of hydrogen-bond acceptors (Lipinski definition) is 2. The topological polar surface area (TPSA) is 49.4 Å². The smallest absolute Gasteiger partial charge is 0.253 e. The van der Waals surface area contributed by atoms with E-state index in [4.69, 9.17) is 0 Å². The monoisotopic (exact) mass is 282 g/mol. The highest BCUT2D eigenvalue weighted by Gasteiger charge is 2.45. The predicted molar refractivity (Wildman–Crippen MR) is 70.2 cm³/mol. The molecule has 0 bridgehead atoms. The molecule has 1 aromatic carbocycles. The van der Waals surface area contributed by atoms with Gasteiger partial charge in [0, 0.05) is 0 Å². The van der Waals surface area contributed by atoms with Crippen LogP contribution in [0.1, 0.15) is 26.7 Å². The number of piperazine rings is 1. The third kappa shape index (κ3) is 2.15. The zero-order valence-corrected chi connectivity index (χ0v) is 11.4. The number of hydrogen-bond donors (Lipinski definition) is 1. The van der Waals surface area contributed by atoms with Gasteiger partial charge in [-0.3, -0.25) is 14.5 Å². The molecule has 1 aromatic rings. The quantitative estimate of drug-likeness (QED) is 0.921. The van der Waals surface area contributed by atoms with E-state index in [0.717, 1.165) is 11.0 Å². The van der Waals surface area contributed by atoms with Gasteiger partial charge in [0.15, 0.2) is 11.6 Å². The van der Waals surface area contributed by atoms with Crippen molar-refractivity contribution in [2.45, 2.75) is 32.2 Å². The normalized spacial score (nSPS) is 18.1. The zero-order valence-electron chi connectivity index (χ0n) is 11.4. The van der Waals surface area contributed by atoms with Crippen LogP contribution < -0.4 is 10.2 Å². The molecule has 0 atom stereocenters. The lowest BCUT2D eigenvalue weighted by atomic mass is 9.88. The van der Waals surface area contributed by atoms with Crippen molar-refractivity contribution in [1.29, 1.82) is 0 Å². The van der Waals surface area contributed by atoms with Gasteiger partial charge < -0.3 is 5.32 Å². The molecule has 0 aromatic heterocycles. The molecule has 0 aliphatic carbocycles. The van der Waals surface area contributed by atoms with Gasteiger partial charge in [0.2, 0.25) is 5.91 Å². The molecule has 1 fully saturated rings. The van der Waals surface area contributed by atoms with Gasteiger partial charge >= 0.3 is 0 Å². The molecule has 1 aliphatic heterocycles. The fourth-order valence-electron chi connectivity index (χ4n) is 2.46. The fourth-order valence-corrected chi connectivity index (χ4v) is 2.46. The summed E-state index contributed by atoms with van der Waals surface area (Å²) in [6, 6.07) is 3.58. The minimum atomic E-state index is -1.11. The summed E-state index contributed by atoms with van der Waals surface area (Å²) in [5, 5.41) is 2.67. The number of amides is 2. The van der Waals surface area contributed by atoms with Gasteiger partial charge in [0.05, 0.1) is 5.69 Å². The standard InChI is InChI=1S/C14H16F2N2O2/c1-3-14(4-2)13(20)18(8-11(19)17-14)10-7-5-6-9(15)12(10)16/h5-7H,3-4,8H2,1-2H3,(H,17,19). The van der Waals surface area contributed by atoms with Crippen LogP contribution in [-0.2, 0) is 9.59 Å². The number of carbonyl (C=O) groups is 2. The Hall–Kier alpha value is -1.98. The summed E-state index contributed by atoms with van der Waals surface area (Å²) in [5.41, 5.74) is -1.25. The average molecular weight is 282 g/mol. The minimum absolute atomic E-state index is 0.198. The van der Waals surface area contributed by atoms with Gasteiger partial charge in [-0.2, -0.15) is 0 Å². The van der Waals surface area contributed by atoms with Crippen LogP contribution in [0.3, 0.4) is 0 Å². The Balaban J connectivity index is 2.48. The van der Waals surface area contributed by atoms with Crippen molar-refractivity contribution in [3.8, 4) is 0 Å². The molecule has 1 saturated heterocycles. The number of nitrogens with one attached hydrogen (secondary N) is 1. The second-order valence-electron chi connectivity index (χ2n) is 4.80. The molecule has 6 heteroatoms. The van der Waals surface area contributed by atoms with Crippen molar-refractivity contribution < 1.29 is 18.4 Å². The van der Waals surface area contributed by atoms with Crippen LogP contribution in [0.4, 0.5) is 14.5 Å². The van der Waals surface area contributed by atoms with Crippen molar-refractivity contribution in [1.82, 2.24) is 5.32 Å². The molecular weight excluding hydrogens is 266 g/mol. The SMILES string of the molecule is CCC1(CC)NC(=O)CN(c2cccc(F)c2F)C1=O. The summed E-state index contributed by atoms with van der Waals surface area (Å²) in [6.07, 6.45) is 0.781. The van der Waals surface area contributed by atoms with E-state index in [2.05, 4.69) is 5.32 Å². The molecule has 108 valence electrons. The van der Waals surface area contributed by atoms with Crippen LogP contribution in [0, 0.1) is 11.6 Å². The molecule has 2 amide bonds. The molecule has 1 aliphatic rings. The first-order valence-corrected chi connectivity index (χ1v) is 6.52. The van der Waals surface area contributed by atoms with Gasteiger partial charge in [0.1, 0.15) is 12.1 Å². The van der Waals surface area contributed by atoms with Crippen LogP contribution in [0.2, 0.25) is 0 Å². The Kier molecular flexibility index (Phi) is 3.74. The molecule has 0 saturated carbocycles. The Morgan fingerprint density at radius 2 is 1.90 bits per heavy atom. The van der Waals surface area contributed by atoms with Gasteiger partial charge in [-0.15, -0.1) is 0 Å². The summed E-state index contributed by atoms with van der Waals surface area (Å²) in [6.45, 7) is 3.24. The maximum absolute atomic E-state index is 13.8. The largest absolute Gasteiger partial charge is 0.340 e. The number of nitrogens with zero attached hydrogens (tertiary/aromatic N) is 1.